The van der Waals surface area contributed by atoms with Gasteiger partial charge in [-0.05, 0) is 96.6 Å². The molecule has 0 unspecified atom stereocenters. The van der Waals surface area contributed by atoms with E-state index in [-0.39, 0.29) is 18.0 Å². The Balaban J connectivity index is 2.01. The van der Waals surface area contributed by atoms with Crippen molar-refractivity contribution in [3.63, 3.8) is 0 Å². The second kappa shape index (κ2) is 10.9. The Morgan fingerprint density at radius 1 is 1.11 bits per heavy atom. The molecule has 0 aliphatic heterocycles. The van der Waals surface area contributed by atoms with Crippen LogP contribution in [0.25, 0.3) is 0 Å². The molecule has 8 nitrogen and oxygen atoms in total. The van der Waals surface area contributed by atoms with Gasteiger partial charge in [-0.25, -0.2) is 4.79 Å². The number of aromatic amines is 1. The van der Waals surface area contributed by atoms with Crippen LogP contribution >= 0.6 is 15.9 Å². The van der Waals surface area contributed by atoms with Gasteiger partial charge in [-0.2, -0.15) is 0 Å². The van der Waals surface area contributed by atoms with E-state index in [1.807, 2.05) is 60.7 Å². The van der Waals surface area contributed by atoms with Crippen molar-refractivity contribution in [2.24, 2.45) is 0 Å². The van der Waals surface area contributed by atoms with Gasteiger partial charge in [-0.1, -0.05) is 22.4 Å². The first-order valence-electron chi connectivity index (χ1n) is 12.7. The maximum atomic E-state index is 13.3. The van der Waals surface area contributed by atoms with E-state index in [1.165, 1.54) is 0 Å². The molecule has 1 aliphatic rings. The first-order valence-corrected chi connectivity index (χ1v) is 13.5. The summed E-state index contributed by atoms with van der Waals surface area (Å²) < 4.78 is 0.720. The van der Waals surface area contributed by atoms with Gasteiger partial charge < -0.3 is 20.3 Å². The molecule has 2 aromatic rings. The zero-order valence-electron chi connectivity index (χ0n) is 22.9. The smallest absolute Gasteiger partial charge is 0.409 e. The fourth-order valence-corrected chi connectivity index (χ4v) is 6.20. The van der Waals surface area contributed by atoms with Crippen LogP contribution in [0.3, 0.4) is 0 Å². The van der Waals surface area contributed by atoms with Crippen LogP contribution in [0.1, 0.15) is 85.6 Å². The van der Waals surface area contributed by atoms with E-state index in [1.54, 1.807) is 11.0 Å². The highest BCUT2D eigenvalue weighted by Gasteiger charge is 2.49. The second-order valence-electron chi connectivity index (χ2n) is 11.1. The molecule has 0 atom stereocenters. The summed E-state index contributed by atoms with van der Waals surface area (Å²) in [5.41, 5.74) is 2.57. The normalized spacial score (nSPS) is 15.2. The number of carbonyl (C=O) groups is 2. The van der Waals surface area contributed by atoms with Gasteiger partial charge >= 0.3 is 6.09 Å². The lowest BCUT2D eigenvalue weighted by atomic mass is 9.83. The molecule has 1 fully saturated rings. The number of nitrogens with one attached hydrogen (secondary N) is 2. The molecule has 1 heterocycles. The summed E-state index contributed by atoms with van der Waals surface area (Å²) in [4.78, 5) is 44.8. The summed E-state index contributed by atoms with van der Waals surface area (Å²) in [7, 11) is 1.93. The van der Waals surface area contributed by atoms with E-state index >= 15 is 0 Å². The largest absolute Gasteiger partial charge is 0.465 e. The van der Waals surface area contributed by atoms with Gasteiger partial charge in [0.05, 0.1) is 0 Å². The van der Waals surface area contributed by atoms with Crippen molar-refractivity contribution < 1.29 is 14.7 Å². The van der Waals surface area contributed by atoms with E-state index in [0.29, 0.717) is 24.0 Å². The topological polar surface area (TPSA) is 106 Å². The number of hydrogen-bond donors (Lipinski definition) is 3. The first kappa shape index (κ1) is 28.8. The Bertz CT molecular complexity index is 1240. The van der Waals surface area contributed by atoms with E-state index < -0.39 is 17.3 Å². The lowest BCUT2D eigenvalue weighted by Gasteiger charge is -2.56. The van der Waals surface area contributed by atoms with Crippen LogP contribution in [0.15, 0.2) is 27.5 Å². The minimum atomic E-state index is -0.953. The Hall–Kier alpha value is -2.81. The average Bonchev–Trinajstić information content (AvgIpc) is 2.78. The third-order valence-corrected chi connectivity index (χ3v) is 7.89. The number of anilines is 1. The Morgan fingerprint density at radius 3 is 2.27 bits per heavy atom. The maximum absolute atomic E-state index is 13.3. The second-order valence-corrected chi connectivity index (χ2v) is 12.0. The van der Waals surface area contributed by atoms with Crippen molar-refractivity contribution in [2.75, 3.05) is 11.9 Å². The minimum absolute atomic E-state index is 0.109. The van der Waals surface area contributed by atoms with E-state index in [9.17, 15) is 19.5 Å². The van der Waals surface area contributed by atoms with E-state index in [0.717, 1.165) is 46.2 Å². The number of pyridine rings is 1. The summed E-state index contributed by atoms with van der Waals surface area (Å²) in [6, 6.07) is 5.59. The summed E-state index contributed by atoms with van der Waals surface area (Å²) in [5.74, 6) is -0.295. The summed E-state index contributed by atoms with van der Waals surface area (Å²) >= 11 is 3.57. The molecule has 202 valence electrons. The molecule has 3 N–H and O–H groups in total. The van der Waals surface area contributed by atoms with Gasteiger partial charge in [0.1, 0.15) is 5.66 Å². The number of hydrogen-bond acceptors (Lipinski definition) is 4. The summed E-state index contributed by atoms with van der Waals surface area (Å²) in [5, 5.41) is 13.2. The van der Waals surface area contributed by atoms with E-state index in [2.05, 4.69) is 31.1 Å². The zero-order chi connectivity index (χ0) is 27.7. The predicted octanol–water partition coefficient (Wildman–Crippen LogP) is 5.87. The van der Waals surface area contributed by atoms with Crippen LogP contribution in [0, 0.1) is 20.8 Å². The third kappa shape index (κ3) is 5.87. The van der Waals surface area contributed by atoms with Crippen LogP contribution in [0.4, 0.5) is 10.5 Å². The number of H-pyrrole nitrogens is 1. The van der Waals surface area contributed by atoms with Crippen LogP contribution in [-0.2, 0) is 6.54 Å². The number of carboxylic acid groups (broad SMARTS) is 1. The fourth-order valence-electron chi connectivity index (χ4n) is 5.75. The molecule has 1 saturated carbocycles. The van der Waals surface area contributed by atoms with Crippen LogP contribution < -0.4 is 15.8 Å². The minimum Gasteiger partial charge on any atom is -0.465 e. The fraction of sp³-hybridized carbons (Fsp3) is 0.536. The molecule has 1 aliphatic carbocycles. The van der Waals surface area contributed by atoms with Crippen molar-refractivity contribution >= 4 is 33.6 Å². The van der Waals surface area contributed by atoms with E-state index in [4.69, 9.17) is 0 Å². The number of nitrogens with zero attached hydrogens (tertiary/aromatic N) is 2. The van der Waals surface area contributed by atoms with Gasteiger partial charge in [-0.3, -0.25) is 14.5 Å². The van der Waals surface area contributed by atoms with Crippen molar-refractivity contribution in [3.8, 4) is 0 Å². The number of rotatable bonds is 6. The number of halogens is 1. The number of carbonyl (C=O) groups excluding carboxylic acids is 1. The monoisotopic (exact) mass is 574 g/mol. The molecule has 0 saturated heterocycles. The number of benzene rings is 1. The molecule has 0 radical (unpaired) electrons. The lowest BCUT2D eigenvalue weighted by Crippen LogP contribution is -2.67. The molecule has 37 heavy (non-hydrogen) atoms. The summed E-state index contributed by atoms with van der Waals surface area (Å²) in [6.07, 6.45) is 3.37. The first-order chi connectivity index (χ1) is 17.2. The van der Waals surface area contributed by atoms with Gasteiger partial charge in [0.2, 0.25) is 0 Å². The lowest BCUT2D eigenvalue weighted by molar-refractivity contribution is -0.00481. The molecule has 1 aromatic heterocycles. The van der Waals surface area contributed by atoms with Crippen molar-refractivity contribution in [3.05, 3.63) is 61.0 Å². The van der Waals surface area contributed by atoms with Crippen molar-refractivity contribution in [1.29, 1.82) is 0 Å². The molecule has 2 amide bonds. The number of amides is 2. The van der Waals surface area contributed by atoms with Gasteiger partial charge in [0.25, 0.3) is 11.5 Å². The highest BCUT2D eigenvalue weighted by Crippen LogP contribution is 2.43. The predicted molar refractivity (Wildman–Crippen MR) is 150 cm³/mol. The van der Waals surface area contributed by atoms with Gasteiger partial charge in [-0.15, -0.1) is 0 Å². The van der Waals surface area contributed by atoms with Gasteiger partial charge in [0, 0.05) is 46.1 Å². The summed E-state index contributed by atoms with van der Waals surface area (Å²) in [6.45, 7) is 11.4. The van der Waals surface area contributed by atoms with Crippen LogP contribution in [-0.4, -0.2) is 45.2 Å². The van der Waals surface area contributed by atoms with Crippen LogP contribution in [0.5, 0.6) is 0 Å². The highest BCUT2D eigenvalue weighted by molar-refractivity contribution is 9.10. The van der Waals surface area contributed by atoms with Crippen molar-refractivity contribution in [1.82, 2.24) is 15.2 Å². The van der Waals surface area contributed by atoms with Gasteiger partial charge in [0.15, 0.2) is 0 Å². The molecule has 0 spiro atoms. The standard InChI is InChI=1S/C28H39BrN4O4/c1-17-13-18(2)31-25(35)22(17)16-30-24(34)21-14-20(29)15-23(19(21)3)32(7)28(11-9-8-10-12-28)33(26(36)37)27(4,5)6/h13-15H,8-12,16H2,1-7H3,(H,30,34)(H,31,35)(H,36,37). The number of aryl methyl sites for hydroxylation is 2. The zero-order valence-corrected chi connectivity index (χ0v) is 24.5. The Labute approximate surface area is 227 Å². The number of aromatic nitrogens is 1. The maximum Gasteiger partial charge on any atom is 0.409 e. The SMILES string of the molecule is Cc1cc(C)c(CNC(=O)c2cc(Br)cc(N(C)C3(N(C(=O)O)C(C)(C)C)CCCCC3)c2C)c(=O)[nH]1. The molecule has 9 heteroatoms. The Kier molecular flexibility index (Phi) is 8.47. The molecule has 0 bridgehead atoms. The van der Waals surface area contributed by atoms with Crippen LogP contribution in [0.2, 0.25) is 0 Å². The molecule has 1 aromatic carbocycles. The van der Waals surface area contributed by atoms with Crippen molar-refractivity contribution in [2.45, 2.75) is 91.4 Å². The molecular formula is C28H39BrN4O4. The Morgan fingerprint density at radius 2 is 1.73 bits per heavy atom. The molecular weight excluding hydrogens is 536 g/mol. The highest BCUT2D eigenvalue weighted by atomic mass is 79.9. The molecule has 3 rings (SSSR count). The third-order valence-electron chi connectivity index (χ3n) is 7.43. The quantitative estimate of drug-likeness (QED) is 0.374. The average molecular weight is 576 g/mol.